The fourth-order valence-corrected chi connectivity index (χ4v) is 2.82. The number of thiazole rings is 1. The standard InChI is InChI=1S/C12H13NS2/c1-3-9-4-6-10(7-5-9)11-8(2)13-12(14)15-11/h4-7H,3H2,1-2H3,(H,13,14). The van der Waals surface area contributed by atoms with Crippen molar-refractivity contribution in [1.82, 2.24) is 4.98 Å². The monoisotopic (exact) mass is 235 g/mol. The zero-order valence-corrected chi connectivity index (χ0v) is 10.5. The molecule has 1 aromatic heterocycles. The van der Waals surface area contributed by atoms with E-state index < -0.39 is 0 Å². The largest absolute Gasteiger partial charge is 0.341 e. The summed E-state index contributed by atoms with van der Waals surface area (Å²) in [6.07, 6.45) is 1.09. The summed E-state index contributed by atoms with van der Waals surface area (Å²) in [7, 11) is 0. The number of rotatable bonds is 2. The molecule has 0 atom stereocenters. The molecule has 1 N–H and O–H groups in total. The summed E-state index contributed by atoms with van der Waals surface area (Å²) in [5, 5.41) is 0. The van der Waals surface area contributed by atoms with Gasteiger partial charge in [-0.15, -0.1) is 11.3 Å². The predicted octanol–water partition coefficient (Wildman–Crippen LogP) is 4.34. The third-order valence-corrected chi connectivity index (χ3v) is 3.83. The van der Waals surface area contributed by atoms with Gasteiger partial charge in [0.25, 0.3) is 0 Å². The summed E-state index contributed by atoms with van der Waals surface area (Å²) in [5.74, 6) is 0. The number of aromatic amines is 1. The third kappa shape index (κ3) is 2.19. The van der Waals surface area contributed by atoms with E-state index in [1.165, 1.54) is 16.0 Å². The molecule has 1 nitrogen and oxygen atoms in total. The van der Waals surface area contributed by atoms with Crippen molar-refractivity contribution in [3.05, 3.63) is 39.5 Å². The molecule has 2 rings (SSSR count). The van der Waals surface area contributed by atoms with E-state index in [1.54, 1.807) is 11.3 Å². The predicted molar refractivity (Wildman–Crippen MR) is 69.1 cm³/mol. The number of aromatic nitrogens is 1. The van der Waals surface area contributed by atoms with E-state index in [4.69, 9.17) is 12.2 Å². The zero-order chi connectivity index (χ0) is 10.8. The van der Waals surface area contributed by atoms with Crippen molar-refractivity contribution in [2.45, 2.75) is 20.3 Å². The van der Waals surface area contributed by atoms with Crippen LogP contribution in [0.3, 0.4) is 0 Å². The van der Waals surface area contributed by atoms with Crippen molar-refractivity contribution in [2.24, 2.45) is 0 Å². The van der Waals surface area contributed by atoms with E-state index in [-0.39, 0.29) is 0 Å². The van der Waals surface area contributed by atoms with Crippen molar-refractivity contribution in [1.29, 1.82) is 0 Å². The molecule has 0 radical (unpaired) electrons. The number of hydrogen-bond donors (Lipinski definition) is 1. The van der Waals surface area contributed by atoms with Crippen molar-refractivity contribution >= 4 is 23.6 Å². The Kier molecular flexibility index (Phi) is 3.03. The van der Waals surface area contributed by atoms with Gasteiger partial charge < -0.3 is 4.98 Å². The van der Waals surface area contributed by atoms with Crippen LogP contribution in [0.1, 0.15) is 18.2 Å². The number of hydrogen-bond acceptors (Lipinski definition) is 2. The summed E-state index contributed by atoms with van der Waals surface area (Å²) in [5.41, 5.74) is 3.78. The maximum atomic E-state index is 5.13. The topological polar surface area (TPSA) is 15.8 Å². The van der Waals surface area contributed by atoms with Crippen LogP contribution >= 0.6 is 23.6 Å². The van der Waals surface area contributed by atoms with Crippen LogP contribution in [0.2, 0.25) is 0 Å². The maximum Gasteiger partial charge on any atom is 0.159 e. The molecule has 0 saturated carbocycles. The van der Waals surface area contributed by atoms with Crippen LogP contribution in [-0.4, -0.2) is 4.98 Å². The highest BCUT2D eigenvalue weighted by Gasteiger charge is 2.04. The molecule has 1 heterocycles. The lowest BCUT2D eigenvalue weighted by Crippen LogP contribution is -1.81. The quantitative estimate of drug-likeness (QED) is 0.765. The molecule has 0 aliphatic carbocycles. The van der Waals surface area contributed by atoms with E-state index in [0.717, 1.165) is 16.1 Å². The molecule has 0 spiro atoms. The third-order valence-electron chi connectivity index (χ3n) is 2.45. The van der Waals surface area contributed by atoms with Gasteiger partial charge in [-0.2, -0.15) is 0 Å². The Hall–Kier alpha value is -0.930. The second-order valence-electron chi connectivity index (χ2n) is 3.52. The van der Waals surface area contributed by atoms with Crippen LogP contribution in [0.5, 0.6) is 0 Å². The Morgan fingerprint density at radius 1 is 1.27 bits per heavy atom. The Labute approximate surface area is 98.8 Å². The molecular formula is C12H13NS2. The minimum atomic E-state index is 0.849. The Morgan fingerprint density at radius 2 is 1.93 bits per heavy atom. The molecule has 2 aromatic rings. The van der Waals surface area contributed by atoms with Gasteiger partial charge in [-0.05, 0) is 36.7 Å². The number of benzene rings is 1. The molecule has 0 amide bonds. The Bertz CT molecular complexity index is 505. The van der Waals surface area contributed by atoms with Crippen LogP contribution in [-0.2, 0) is 6.42 Å². The zero-order valence-electron chi connectivity index (χ0n) is 8.83. The first-order valence-corrected chi connectivity index (χ1v) is 6.22. The van der Waals surface area contributed by atoms with Gasteiger partial charge in [0.05, 0.1) is 4.88 Å². The molecule has 3 heteroatoms. The molecule has 0 unspecified atom stereocenters. The van der Waals surface area contributed by atoms with Gasteiger partial charge in [-0.25, -0.2) is 0 Å². The fraction of sp³-hybridized carbons (Fsp3) is 0.250. The van der Waals surface area contributed by atoms with Crippen molar-refractivity contribution in [3.8, 4) is 10.4 Å². The van der Waals surface area contributed by atoms with Gasteiger partial charge in [-0.3, -0.25) is 0 Å². The van der Waals surface area contributed by atoms with Crippen LogP contribution in [0.15, 0.2) is 24.3 Å². The lowest BCUT2D eigenvalue weighted by atomic mass is 10.1. The molecule has 0 bridgehead atoms. The second-order valence-corrected chi connectivity index (χ2v) is 5.21. The lowest BCUT2D eigenvalue weighted by molar-refractivity contribution is 1.14. The lowest BCUT2D eigenvalue weighted by Gasteiger charge is -2.00. The van der Waals surface area contributed by atoms with Gasteiger partial charge in [0.15, 0.2) is 3.95 Å². The van der Waals surface area contributed by atoms with E-state index in [1.807, 2.05) is 0 Å². The first-order valence-electron chi connectivity index (χ1n) is 4.99. The summed E-state index contributed by atoms with van der Waals surface area (Å²) in [6.45, 7) is 4.23. The Balaban J connectivity index is 2.45. The molecule has 78 valence electrons. The molecule has 0 fully saturated rings. The summed E-state index contributed by atoms with van der Waals surface area (Å²) in [4.78, 5) is 4.42. The average molecular weight is 235 g/mol. The smallest absolute Gasteiger partial charge is 0.159 e. The highest BCUT2D eigenvalue weighted by atomic mass is 32.1. The van der Waals surface area contributed by atoms with Crippen molar-refractivity contribution in [3.63, 3.8) is 0 Å². The highest BCUT2D eigenvalue weighted by Crippen LogP contribution is 2.28. The summed E-state index contributed by atoms with van der Waals surface area (Å²) in [6, 6.07) is 8.69. The SMILES string of the molecule is CCc1ccc(-c2sc(=S)[nH]c2C)cc1. The van der Waals surface area contributed by atoms with Gasteiger partial charge in [-0.1, -0.05) is 31.2 Å². The molecule has 0 aliphatic heterocycles. The van der Waals surface area contributed by atoms with Crippen LogP contribution in [0.4, 0.5) is 0 Å². The molecule has 1 aromatic carbocycles. The highest BCUT2D eigenvalue weighted by molar-refractivity contribution is 7.73. The molecule has 0 saturated heterocycles. The maximum absolute atomic E-state index is 5.13. The minimum absolute atomic E-state index is 0.849. The van der Waals surface area contributed by atoms with Gasteiger partial charge in [0.1, 0.15) is 0 Å². The average Bonchev–Trinajstić information content (AvgIpc) is 2.58. The first kappa shape index (κ1) is 10.6. The second kappa shape index (κ2) is 4.29. The van der Waals surface area contributed by atoms with Crippen LogP contribution in [0, 0.1) is 10.9 Å². The van der Waals surface area contributed by atoms with E-state index in [2.05, 4.69) is 43.1 Å². The fourth-order valence-electron chi connectivity index (χ4n) is 1.57. The van der Waals surface area contributed by atoms with E-state index in [0.29, 0.717) is 0 Å². The summed E-state index contributed by atoms with van der Waals surface area (Å²) >= 11 is 6.77. The number of nitrogens with one attached hydrogen (secondary N) is 1. The minimum Gasteiger partial charge on any atom is -0.341 e. The van der Waals surface area contributed by atoms with E-state index in [9.17, 15) is 0 Å². The van der Waals surface area contributed by atoms with Crippen LogP contribution in [0.25, 0.3) is 10.4 Å². The van der Waals surface area contributed by atoms with Gasteiger partial charge in [0.2, 0.25) is 0 Å². The Morgan fingerprint density at radius 3 is 2.40 bits per heavy atom. The van der Waals surface area contributed by atoms with E-state index >= 15 is 0 Å². The van der Waals surface area contributed by atoms with Gasteiger partial charge >= 0.3 is 0 Å². The van der Waals surface area contributed by atoms with Crippen molar-refractivity contribution < 1.29 is 0 Å². The number of H-pyrrole nitrogens is 1. The summed E-state index contributed by atoms with van der Waals surface area (Å²) < 4.78 is 0.849. The first-order chi connectivity index (χ1) is 7.20. The van der Waals surface area contributed by atoms with Gasteiger partial charge in [0, 0.05) is 5.69 Å². The number of aryl methyl sites for hydroxylation is 2. The molecule has 0 aliphatic rings. The molecule has 15 heavy (non-hydrogen) atoms. The normalized spacial score (nSPS) is 10.5. The molecular weight excluding hydrogens is 222 g/mol. The van der Waals surface area contributed by atoms with Crippen molar-refractivity contribution in [2.75, 3.05) is 0 Å². The van der Waals surface area contributed by atoms with Crippen LogP contribution < -0.4 is 0 Å².